The van der Waals surface area contributed by atoms with Crippen LogP contribution in [0, 0.1) is 11.3 Å². The van der Waals surface area contributed by atoms with Gasteiger partial charge in [0.05, 0.1) is 21.3 Å². The number of hydrogen-bond acceptors (Lipinski definition) is 4. The number of anilines is 1. The van der Waals surface area contributed by atoms with Crippen molar-refractivity contribution < 1.29 is 19.1 Å². The Morgan fingerprint density at radius 3 is 2.47 bits per heavy atom. The third-order valence-corrected chi connectivity index (χ3v) is 4.81. The molecule has 0 radical (unpaired) electrons. The molecule has 0 spiro atoms. The van der Waals surface area contributed by atoms with Crippen molar-refractivity contribution >= 4 is 58.4 Å². The third kappa shape index (κ3) is 4.84. The van der Waals surface area contributed by atoms with Gasteiger partial charge in [0.2, 0.25) is 0 Å². The van der Waals surface area contributed by atoms with Crippen molar-refractivity contribution in [3.05, 3.63) is 80.5 Å². The maximum atomic E-state index is 12.4. The fourth-order valence-corrected chi connectivity index (χ4v) is 3.16. The van der Waals surface area contributed by atoms with Crippen LogP contribution in [0.1, 0.15) is 16.1 Å². The highest BCUT2D eigenvalue weighted by Gasteiger charge is 2.15. The fourth-order valence-electron chi connectivity index (χ4n) is 2.49. The number of carboxylic acids is 1. The zero-order valence-electron chi connectivity index (χ0n) is 14.9. The Labute approximate surface area is 185 Å². The monoisotopic (exact) mass is 460 g/mol. The zero-order chi connectivity index (χ0) is 21.8. The Balaban J connectivity index is 1.87. The molecule has 0 saturated heterocycles. The van der Waals surface area contributed by atoms with Gasteiger partial charge in [-0.25, -0.2) is 4.79 Å². The first-order valence-corrected chi connectivity index (χ1v) is 9.43. The van der Waals surface area contributed by atoms with E-state index in [1.165, 1.54) is 42.5 Å². The number of nitrogens with one attached hydrogen (secondary N) is 1. The predicted octanol–water partition coefficient (Wildman–Crippen LogP) is 6.15. The van der Waals surface area contributed by atoms with E-state index in [9.17, 15) is 14.9 Å². The molecule has 0 bridgehead atoms. The topological polar surface area (TPSA) is 103 Å². The highest BCUT2D eigenvalue weighted by atomic mass is 35.5. The van der Waals surface area contributed by atoms with Crippen LogP contribution in [-0.4, -0.2) is 17.0 Å². The lowest BCUT2D eigenvalue weighted by atomic mass is 10.1. The van der Waals surface area contributed by atoms with Gasteiger partial charge in [0, 0.05) is 16.7 Å². The van der Waals surface area contributed by atoms with Crippen LogP contribution < -0.4 is 5.32 Å². The molecule has 30 heavy (non-hydrogen) atoms. The summed E-state index contributed by atoms with van der Waals surface area (Å²) < 4.78 is 5.63. The van der Waals surface area contributed by atoms with Crippen LogP contribution >= 0.6 is 34.8 Å². The van der Waals surface area contributed by atoms with E-state index < -0.39 is 11.9 Å². The largest absolute Gasteiger partial charge is 0.478 e. The number of rotatable bonds is 5. The molecule has 0 aliphatic heterocycles. The summed E-state index contributed by atoms with van der Waals surface area (Å²) >= 11 is 18.0. The van der Waals surface area contributed by atoms with Crippen LogP contribution in [0.2, 0.25) is 15.1 Å². The van der Waals surface area contributed by atoms with Crippen molar-refractivity contribution in [3.8, 4) is 17.4 Å². The van der Waals surface area contributed by atoms with Crippen LogP contribution in [0.3, 0.4) is 0 Å². The molecular formula is C21H11Cl3N2O4. The molecule has 3 aromatic rings. The Bertz CT molecular complexity index is 1230. The second-order valence-corrected chi connectivity index (χ2v) is 7.20. The number of hydrogen-bond donors (Lipinski definition) is 2. The molecule has 3 rings (SSSR count). The number of aromatic carboxylic acids is 1. The van der Waals surface area contributed by atoms with Gasteiger partial charge in [-0.1, -0.05) is 34.8 Å². The molecule has 2 N–H and O–H groups in total. The average molecular weight is 462 g/mol. The fraction of sp³-hybridized carbons (Fsp3) is 0. The summed E-state index contributed by atoms with van der Waals surface area (Å²) in [5.41, 5.74) is 0.476. The van der Waals surface area contributed by atoms with Gasteiger partial charge >= 0.3 is 5.97 Å². The maximum absolute atomic E-state index is 12.4. The molecule has 2 aromatic carbocycles. The third-order valence-electron chi connectivity index (χ3n) is 3.94. The van der Waals surface area contributed by atoms with Crippen molar-refractivity contribution in [1.29, 1.82) is 5.26 Å². The van der Waals surface area contributed by atoms with E-state index in [0.29, 0.717) is 21.3 Å². The van der Waals surface area contributed by atoms with E-state index >= 15 is 0 Å². The van der Waals surface area contributed by atoms with Gasteiger partial charge in [0.15, 0.2) is 0 Å². The van der Waals surface area contributed by atoms with Gasteiger partial charge in [-0.05, 0) is 48.5 Å². The number of amides is 1. The van der Waals surface area contributed by atoms with Gasteiger partial charge in [-0.3, -0.25) is 4.79 Å². The highest BCUT2D eigenvalue weighted by molar-refractivity contribution is 6.37. The first-order chi connectivity index (χ1) is 14.3. The van der Waals surface area contributed by atoms with Crippen LogP contribution in [0.5, 0.6) is 0 Å². The van der Waals surface area contributed by atoms with Gasteiger partial charge in [-0.15, -0.1) is 0 Å². The summed E-state index contributed by atoms with van der Waals surface area (Å²) in [6, 6.07) is 13.6. The van der Waals surface area contributed by atoms with Gasteiger partial charge in [-0.2, -0.15) is 5.26 Å². The number of nitriles is 1. The molecule has 0 aliphatic carbocycles. The molecule has 9 heteroatoms. The summed E-state index contributed by atoms with van der Waals surface area (Å²) in [5, 5.41) is 21.9. The zero-order valence-corrected chi connectivity index (χ0v) is 17.2. The van der Waals surface area contributed by atoms with Crippen LogP contribution in [0.4, 0.5) is 5.69 Å². The van der Waals surface area contributed by atoms with Crippen molar-refractivity contribution in [3.63, 3.8) is 0 Å². The molecule has 1 aromatic heterocycles. The summed E-state index contributed by atoms with van der Waals surface area (Å²) in [6.07, 6.45) is 1.25. The number of carboxylic acid groups (broad SMARTS) is 1. The number of furan rings is 1. The minimum Gasteiger partial charge on any atom is -0.478 e. The van der Waals surface area contributed by atoms with Crippen molar-refractivity contribution in [2.75, 3.05) is 5.32 Å². The van der Waals surface area contributed by atoms with Crippen molar-refractivity contribution in [1.82, 2.24) is 0 Å². The van der Waals surface area contributed by atoms with Crippen LogP contribution in [-0.2, 0) is 4.79 Å². The summed E-state index contributed by atoms with van der Waals surface area (Å²) in [4.78, 5) is 23.6. The maximum Gasteiger partial charge on any atom is 0.335 e. The van der Waals surface area contributed by atoms with Crippen molar-refractivity contribution in [2.24, 2.45) is 0 Å². The van der Waals surface area contributed by atoms with E-state index in [0.717, 1.165) is 0 Å². The Morgan fingerprint density at radius 2 is 1.80 bits per heavy atom. The predicted molar refractivity (Wildman–Crippen MR) is 115 cm³/mol. The van der Waals surface area contributed by atoms with E-state index in [1.54, 1.807) is 18.2 Å². The molecule has 0 fully saturated rings. The molecule has 150 valence electrons. The van der Waals surface area contributed by atoms with E-state index in [-0.39, 0.29) is 27.7 Å². The lowest BCUT2D eigenvalue weighted by Gasteiger charge is -2.06. The van der Waals surface area contributed by atoms with Crippen LogP contribution in [0.25, 0.3) is 17.4 Å². The number of benzene rings is 2. The van der Waals surface area contributed by atoms with Gasteiger partial charge in [0.25, 0.3) is 5.91 Å². The lowest BCUT2D eigenvalue weighted by molar-refractivity contribution is -0.112. The summed E-state index contributed by atoms with van der Waals surface area (Å²) in [6.45, 7) is 0. The first kappa shape index (κ1) is 21.5. The second kappa shape index (κ2) is 9.06. The Hall–Kier alpha value is -3.24. The number of nitrogens with zero attached hydrogens (tertiary/aromatic N) is 1. The molecule has 0 aliphatic rings. The quantitative estimate of drug-likeness (QED) is 0.350. The molecule has 0 saturated carbocycles. The minimum atomic E-state index is -1.11. The SMILES string of the molecule is N#CC(=Cc1ccc(-c2cc(C(=O)O)ccc2Cl)o1)C(=O)Nc1ccc(Cl)cc1Cl. The highest BCUT2D eigenvalue weighted by Crippen LogP contribution is 2.31. The first-order valence-electron chi connectivity index (χ1n) is 8.29. The second-order valence-electron chi connectivity index (χ2n) is 5.95. The Morgan fingerprint density at radius 1 is 1.03 bits per heavy atom. The van der Waals surface area contributed by atoms with Crippen LogP contribution in [0.15, 0.2) is 58.5 Å². The number of carbonyl (C=O) groups is 2. The normalized spacial score (nSPS) is 11.1. The molecule has 6 nitrogen and oxygen atoms in total. The number of halogens is 3. The van der Waals surface area contributed by atoms with E-state index in [2.05, 4.69) is 5.32 Å². The molecule has 0 unspecified atom stereocenters. The Kier molecular flexibility index (Phi) is 6.48. The lowest BCUT2D eigenvalue weighted by Crippen LogP contribution is -2.13. The summed E-state index contributed by atoms with van der Waals surface area (Å²) in [5.74, 6) is -1.31. The smallest absolute Gasteiger partial charge is 0.335 e. The standard InChI is InChI=1S/C21H11Cl3N2O4/c22-13-2-5-18(17(24)9-13)26-20(27)12(10-25)7-14-3-6-19(30-14)15-8-11(21(28)29)1-4-16(15)23/h1-9H,(H,26,27)(H,28,29). The van der Waals surface area contributed by atoms with Gasteiger partial charge < -0.3 is 14.8 Å². The van der Waals surface area contributed by atoms with E-state index in [4.69, 9.17) is 44.3 Å². The van der Waals surface area contributed by atoms with E-state index in [1.807, 2.05) is 0 Å². The average Bonchev–Trinajstić information content (AvgIpc) is 3.16. The molecule has 1 heterocycles. The molecule has 1 amide bonds. The minimum absolute atomic E-state index is 0.0415. The molecule has 0 atom stereocenters. The summed E-state index contributed by atoms with van der Waals surface area (Å²) in [7, 11) is 0. The number of carbonyl (C=O) groups excluding carboxylic acids is 1. The van der Waals surface area contributed by atoms with Gasteiger partial charge in [0.1, 0.15) is 23.2 Å². The molecular weight excluding hydrogens is 451 g/mol. The van der Waals surface area contributed by atoms with Crippen molar-refractivity contribution in [2.45, 2.75) is 0 Å².